The van der Waals surface area contributed by atoms with E-state index in [1.807, 2.05) is 13.0 Å². The fraction of sp³-hybridized carbons (Fsp3) is 0.500. The third-order valence-electron chi connectivity index (χ3n) is 2.82. The molecule has 1 N–H and O–H groups in total. The molecule has 1 fully saturated rings. The predicted octanol–water partition coefficient (Wildman–Crippen LogP) is 2.59. The molecule has 0 spiro atoms. The SMILES string of the molecule is Cc1cc(C(=O)O)no1.Cc1cc(COCC2CC2)no1. The Morgan fingerprint density at radius 3 is 2.38 bits per heavy atom. The van der Waals surface area contributed by atoms with E-state index in [0.717, 1.165) is 24.0 Å². The molecular weight excluding hydrogens is 276 g/mol. The van der Waals surface area contributed by atoms with Crippen LogP contribution < -0.4 is 0 Å². The van der Waals surface area contributed by atoms with Gasteiger partial charge in [0.05, 0.1) is 6.61 Å². The van der Waals surface area contributed by atoms with Crippen molar-refractivity contribution < 1.29 is 23.7 Å². The molecule has 2 heterocycles. The Kier molecular flexibility index (Phi) is 5.10. The molecule has 0 radical (unpaired) electrons. The zero-order chi connectivity index (χ0) is 15.2. The van der Waals surface area contributed by atoms with Crippen molar-refractivity contribution in [3.8, 4) is 0 Å². The van der Waals surface area contributed by atoms with Crippen molar-refractivity contribution in [1.82, 2.24) is 10.3 Å². The number of rotatable bonds is 5. The highest BCUT2D eigenvalue weighted by atomic mass is 16.5. The van der Waals surface area contributed by atoms with Crippen LogP contribution in [0.4, 0.5) is 0 Å². The van der Waals surface area contributed by atoms with Gasteiger partial charge in [0.1, 0.15) is 17.2 Å². The van der Waals surface area contributed by atoms with E-state index in [-0.39, 0.29) is 5.69 Å². The van der Waals surface area contributed by atoms with Crippen molar-refractivity contribution in [1.29, 1.82) is 0 Å². The van der Waals surface area contributed by atoms with E-state index in [1.54, 1.807) is 6.92 Å². The Morgan fingerprint density at radius 1 is 1.29 bits per heavy atom. The highest BCUT2D eigenvalue weighted by Crippen LogP contribution is 2.28. The molecule has 114 valence electrons. The number of ether oxygens (including phenoxy) is 1. The maximum Gasteiger partial charge on any atom is 0.358 e. The van der Waals surface area contributed by atoms with Crippen LogP contribution in [0.2, 0.25) is 0 Å². The molecule has 0 saturated heterocycles. The van der Waals surface area contributed by atoms with Crippen molar-refractivity contribution in [3.05, 3.63) is 35.0 Å². The topological polar surface area (TPSA) is 98.6 Å². The number of nitrogens with zero attached hydrogens (tertiary/aromatic N) is 2. The normalized spacial score (nSPS) is 13.6. The van der Waals surface area contributed by atoms with Crippen LogP contribution in [-0.4, -0.2) is 28.0 Å². The van der Waals surface area contributed by atoms with Crippen LogP contribution in [0.15, 0.2) is 21.2 Å². The van der Waals surface area contributed by atoms with Gasteiger partial charge in [-0.3, -0.25) is 0 Å². The Hall–Kier alpha value is -2.15. The van der Waals surface area contributed by atoms with E-state index in [0.29, 0.717) is 12.4 Å². The Labute approximate surface area is 121 Å². The van der Waals surface area contributed by atoms with E-state index in [4.69, 9.17) is 14.4 Å². The van der Waals surface area contributed by atoms with Gasteiger partial charge in [0.2, 0.25) is 0 Å². The zero-order valence-electron chi connectivity index (χ0n) is 12.0. The second-order valence-corrected chi connectivity index (χ2v) is 5.02. The van der Waals surface area contributed by atoms with Gasteiger partial charge in [-0.15, -0.1) is 0 Å². The van der Waals surface area contributed by atoms with Crippen LogP contribution in [-0.2, 0) is 11.3 Å². The van der Waals surface area contributed by atoms with Crippen molar-refractivity contribution in [2.24, 2.45) is 5.92 Å². The quantitative estimate of drug-likeness (QED) is 0.904. The molecule has 0 atom stereocenters. The van der Waals surface area contributed by atoms with Crippen molar-refractivity contribution in [3.63, 3.8) is 0 Å². The number of carbonyl (C=O) groups is 1. The Bertz CT molecular complexity index is 586. The second-order valence-electron chi connectivity index (χ2n) is 5.02. The fourth-order valence-corrected chi connectivity index (χ4v) is 1.57. The molecule has 3 rings (SSSR count). The standard InChI is InChI=1S/C9H13NO2.C5H5NO3/c1-7-4-9(10-12-7)6-11-5-8-2-3-8;1-3-2-4(5(7)8)6-9-3/h4,8H,2-3,5-6H2,1H3;2H,1H3,(H,7,8). The molecule has 0 aliphatic heterocycles. The number of carboxylic acid groups (broad SMARTS) is 1. The first-order chi connectivity index (χ1) is 10.0. The Balaban J connectivity index is 0.000000161. The zero-order valence-corrected chi connectivity index (χ0v) is 12.0. The molecule has 1 aliphatic rings. The number of aromatic nitrogens is 2. The third kappa shape index (κ3) is 5.39. The van der Waals surface area contributed by atoms with Gasteiger partial charge < -0.3 is 18.9 Å². The van der Waals surface area contributed by atoms with Crippen LogP contribution in [0.1, 0.15) is 40.5 Å². The summed E-state index contributed by atoms with van der Waals surface area (Å²) in [4.78, 5) is 10.1. The lowest BCUT2D eigenvalue weighted by Crippen LogP contribution is -1.96. The average molecular weight is 294 g/mol. The molecule has 2 aromatic heterocycles. The summed E-state index contributed by atoms with van der Waals surface area (Å²) in [7, 11) is 0. The summed E-state index contributed by atoms with van der Waals surface area (Å²) in [6.45, 7) is 5.00. The van der Waals surface area contributed by atoms with Gasteiger partial charge in [0, 0.05) is 18.7 Å². The summed E-state index contributed by atoms with van der Waals surface area (Å²) >= 11 is 0. The minimum atomic E-state index is -1.06. The largest absolute Gasteiger partial charge is 0.476 e. The second kappa shape index (κ2) is 7.03. The third-order valence-corrected chi connectivity index (χ3v) is 2.82. The lowest BCUT2D eigenvalue weighted by atomic mass is 10.4. The van der Waals surface area contributed by atoms with Crippen molar-refractivity contribution in [2.45, 2.75) is 33.3 Å². The van der Waals surface area contributed by atoms with E-state index < -0.39 is 5.97 Å². The van der Waals surface area contributed by atoms with Gasteiger partial charge >= 0.3 is 5.97 Å². The van der Waals surface area contributed by atoms with Gasteiger partial charge in [-0.1, -0.05) is 10.3 Å². The fourth-order valence-electron chi connectivity index (χ4n) is 1.57. The van der Waals surface area contributed by atoms with E-state index >= 15 is 0 Å². The lowest BCUT2D eigenvalue weighted by molar-refractivity contribution is 0.0685. The van der Waals surface area contributed by atoms with Crippen LogP contribution >= 0.6 is 0 Å². The first-order valence-corrected chi connectivity index (χ1v) is 6.71. The molecule has 1 aliphatic carbocycles. The molecule has 0 unspecified atom stereocenters. The van der Waals surface area contributed by atoms with E-state index in [2.05, 4.69) is 14.8 Å². The number of aryl methyl sites for hydroxylation is 2. The first kappa shape index (κ1) is 15.2. The Morgan fingerprint density at radius 2 is 1.95 bits per heavy atom. The summed E-state index contributed by atoms with van der Waals surface area (Å²) in [6.07, 6.45) is 2.66. The van der Waals surface area contributed by atoms with Gasteiger partial charge in [-0.05, 0) is 32.6 Å². The van der Waals surface area contributed by atoms with Crippen LogP contribution in [0.25, 0.3) is 0 Å². The molecule has 1 saturated carbocycles. The van der Waals surface area contributed by atoms with Crippen LogP contribution in [0.3, 0.4) is 0 Å². The van der Waals surface area contributed by atoms with Crippen LogP contribution in [0.5, 0.6) is 0 Å². The molecule has 7 heteroatoms. The van der Waals surface area contributed by atoms with Crippen molar-refractivity contribution in [2.75, 3.05) is 6.61 Å². The molecular formula is C14H18N2O5. The number of carboxylic acids is 1. The minimum absolute atomic E-state index is 0.0486. The maximum atomic E-state index is 10.1. The highest BCUT2D eigenvalue weighted by Gasteiger charge is 2.21. The first-order valence-electron chi connectivity index (χ1n) is 6.71. The summed E-state index contributed by atoms with van der Waals surface area (Å²) in [5, 5.41) is 15.3. The average Bonchev–Trinajstić information content (AvgIpc) is 3.00. The molecule has 0 aromatic carbocycles. The maximum absolute atomic E-state index is 10.1. The number of aromatic carboxylic acids is 1. The number of hydrogen-bond donors (Lipinski definition) is 1. The van der Waals surface area contributed by atoms with Gasteiger partial charge in [0.25, 0.3) is 0 Å². The summed E-state index contributed by atoms with van der Waals surface area (Å²) in [5.74, 6) is 1.11. The van der Waals surface area contributed by atoms with Gasteiger partial charge in [-0.2, -0.15) is 0 Å². The summed E-state index contributed by atoms with van der Waals surface area (Å²) in [5.41, 5.74) is 0.848. The van der Waals surface area contributed by atoms with E-state index in [9.17, 15) is 4.79 Å². The van der Waals surface area contributed by atoms with Gasteiger partial charge in [0.15, 0.2) is 5.69 Å². The highest BCUT2D eigenvalue weighted by molar-refractivity contribution is 5.85. The molecule has 0 bridgehead atoms. The minimum Gasteiger partial charge on any atom is -0.476 e. The summed E-state index contributed by atoms with van der Waals surface area (Å²) < 4.78 is 14.8. The molecule has 7 nitrogen and oxygen atoms in total. The van der Waals surface area contributed by atoms with E-state index in [1.165, 1.54) is 18.9 Å². The number of hydrogen-bond acceptors (Lipinski definition) is 6. The summed E-state index contributed by atoms with van der Waals surface area (Å²) in [6, 6.07) is 3.27. The molecule has 0 amide bonds. The smallest absolute Gasteiger partial charge is 0.358 e. The molecule has 21 heavy (non-hydrogen) atoms. The molecule has 2 aromatic rings. The predicted molar refractivity (Wildman–Crippen MR) is 71.8 cm³/mol. The monoisotopic (exact) mass is 294 g/mol. The lowest BCUT2D eigenvalue weighted by Gasteiger charge is -1.97. The van der Waals surface area contributed by atoms with Crippen molar-refractivity contribution >= 4 is 5.97 Å². The van der Waals surface area contributed by atoms with Gasteiger partial charge in [-0.25, -0.2) is 4.79 Å². The van der Waals surface area contributed by atoms with Crippen LogP contribution in [0, 0.1) is 19.8 Å².